The van der Waals surface area contributed by atoms with Gasteiger partial charge in [-0.05, 0) is 41.1 Å². The normalized spacial score (nSPS) is 10.5. The van der Waals surface area contributed by atoms with Gasteiger partial charge in [-0.3, -0.25) is 0 Å². The highest BCUT2D eigenvalue weighted by Gasteiger charge is 2.03. The first-order valence-electron chi connectivity index (χ1n) is 4.18. The molecule has 0 amide bonds. The van der Waals surface area contributed by atoms with Crippen molar-refractivity contribution in [1.82, 2.24) is 9.97 Å². The molecule has 0 spiro atoms. The number of aromatic nitrogens is 2. The maximum Gasteiger partial charge on any atom is 0.197 e. The van der Waals surface area contributed by atoms with Crippen LogP contribution < -0.4 is 4.74 Å². The molecular weight excluding hydrogens is 244 g/mol. The van der Waals surface area contributed by atoms with Crippen molar-refractivity contribution in [3.8, 4) is 5.75 Å². The summed E-state index contributed by atoms with van der Waals surface area (Å²) >= 11 is 3.27. The van der Waals surface area contributed by atoms with Gasteiger partial charge in [0.05, 0.1) is 12.6 Å². The predicted molar refractivity (Wildman–Crippen MR) is 58.5 cm³/mol. The van der Waals surface area contributed by atoms with E-state index in [0.717, 1.165) is 22.3 Å². The van der Waals surface area contributed by atoms with Crippen molar-refractivity contribution in [2.24, 2.45) is 0 Å². The molecule has 1 aromatic heterocycles. The van der Waals surface area contributed by atoms with E-state index >= 15 is 0 Å². The van der Waals surface area contributed by atoms with Gasteiger partial charge in [0.2, 0.25) is 0 Å². The number of ether oxygens (including phenoxy) is 1. The van der Waals surface area contributed by atoms with Crippen LogP contribution in [0.3, 0.4) is 0 Å². The number of hydrogen-bond acceptors (Lipinski definition) is 3. The van der Waals surface area contributed by atoms with Crippen molar-refractivity contribution in [2.75, 3.05) is 7.11 Å². The largest absolute Gasteiger partial charge is 0.497 e. The Kier molecular flexibility index (Phi) is 2.37. The van der Waals surface area contributed by atoms with E-state index < -0.39 is 0 Å². The summed E-state index contributed by atoms with van der Waals surface area (Å²) in [4.78, 5) is 8.49. The smallest absolute Gasteiger partial charge is 0.197 e. The van der Waals surface area contributed by atoms with Gasteiger partial charge >= 0.3 is 0 Å². The average molecular weight is 253 g/mol. The van der Waals surface area contributed by atoms with Gasteiger partial charge in [-0.1, -0.05) is 0 Å². The lowest BCUT2D eigenvalue weighted by Crippen LogP contribution is -1.91. The first-order valence-corrected chi connectivity index (χ1v) is 4.98. The first kappa shape index (κ1) is 9.40. The van der Waals surface area contributed by atoms with Crippen LogP contribution in [0.4, 0.5) is 0 Å². The number of aryl methyl sites for hydroxylation is 1. The van der Waals surface area contributed by atoms with E-state index in [9.17, 15) is 0 Å². The second-order valence-electron chi connectivity index (χ2n) is 2.96. The summed E-state index contributed by atoms with van der Waals surface area (Å²) in [5, 5.41) is 1.02. The number of fused-ring (bicyclic) bond motifs is 1. The van der Waals surface area contributed by atoms with Crippen molar-refractivity contribution in [3.05, 3.63) is 28.6 Å². The van der Waals surface area contributed by atoms with E-state index in [1.165, 1.54) is 0 Å². The molecule has 2 aromatic rings. The molecule has 0 fully saturated rings. The van der Waals surface area contributed by atoms with E-state index in [4.69, 9.17) is 4.74 Å². The molecule has 1 aromatic carbocycles. The summed E-state index contributed by atoms with van der Waals surface area (Å²) in [6, 6.07) is 5.76. The second-order valence-corrected chi connectivity index (χ2v) is 3.67. The fourth-order valence-electron chi connectivity index (χ4n) is 1.35. The lowest BCUT2D eigenvalue weighted by atomic mass is 10.2. The molecule has 14 heavy (non-hydrogen) atoms. The van der Waals surface area contributed by atoms with Gasteiger partial charge in [0.15, 0.2) is 4.73 Å². The van der Waals surface area contributed by atoms with Crippen molar-refractivity contribution in [2.45, 2.75) is 6.92 Å². The van der Waals surface area contributed by atoms with Gasteiger partial charge in [0, 0.05) is 11.1 Å². The van der Waals surface area contributed by atoms with E-state index in [0.29, 0.717) is 4.73 Å². The highest BCUT2D eigenvalue weighted by Crippen LogP contribution is 2.22. The summed E-state index contributed by atoms with van der Waals surface area (Å²) in [6.45, 7) is 1.95. The molecule has 0 radical (unpaired) electrons. The minimum absolute atomic E-state index is 0.618. The van der Waals surface area contributed by atoms with Gasteiger partial charge in [-0.2, -0.15) is 0 Å². The zero-order chi connectivity index (χ0) is 10.1. The van der Waals surface area contributed by atoms with E-state index in [-0.39, 0.29) is 0 Å². The Morgan fingerprint density at radius 3 is 2.79 bits per heavy atom. The molecule has 0 aliphatic heterocycles. The van der Waals surface area contributed by atoms with Crippen LogP contribution in [0.15, 0.2) is 22.9 Å². The van der Waals surface area contributed by atoms with Gasteiger partial charge in [0.25, 0.3) is 0 Å². The number of methoxy groups -OCH3 is 1. The molecule has 0 aliphatic carbocycles. The first-order chi connectivity index (χ1) is 6.70. The van der Waals surface area contributed by atoms with Gasteiger partial charge < -0.3 is 4.74 Å². The lowest BCUT2D eigenvalue weighted by Gasteiger charge is -2.04. The zero-order valence-electron chi connectivity index (χ0n) is 7.91. The second kappa shape index (κ2) is 3.53. The van der Waals surface area contributed by atoms with Crippen LogP contribution in [-0.2, 0) is 0 Å². The number of hydrogen-bond donors (Lipinski definition) is 0. The third kappa shape index (κ3) is 1.57. The van der Waals surface area contributed by atoms with Crippen molar-refractivity contribution < 1.29 is 4.74 Å². The Balaban J connectivity index is 2.75. The van der Waals surface area contributed by atoms with Crippen molar-refractivity contribution in [3.63, 3.8) is 0 Å². The Morgan fingerprint density at radius 2 is 2.07 bits per heavy atom. The molecule has 3 nitrogen and oxygen atoms in total. The Bertz CT molecular complexity index is 485. The Hall–Kier alpha value is -1.16. The number of rotatable bonds is 1. The topological polar surface area (TPSA) is 35.0 Å². The monoisotopic (exact) mass is 252 g/mol. The number of nitrogens with zero attached hydrogens (tertiary/aromatic N) is 2. The molecule has 0 atom stereocenters. The lowest BCUT2D eigenvalue weighted by molar-refractivity contribution is 0.415. The zero-order valence-corrected chi connectivity index (χ0v) is 9.50. The standard InChI is InChI=1S/C10H9BrN2O/c1-6-8-5-7(14-2)3-4-9(8)13-10(11)12-6/h3-5H,1-2H3. The fourth-order valence-corrected chi connectivity index (χ4v) is 1.81. The quantitative estimate of drug-likeness (QED) is 0.733. The molecule has 2 rings (SSSR count). The third-order valence-corrected chi connectivity index (χ3v) is 2.42. The average Bonchev–Trinajstić information content (AvgIpc) is 2.17. The fraction of sp³-hybridized carbons (Fsp3) is 0.200. The Labute approximate surface area is 90.3 Å². The summed E-state index contributed by atoms with van der Waals surface area (Å²) in [7, 11) is 1.65. The molecular formula is C10H9BrN2O. The molecule has 0 saturated heterocycles. The van der Waals surface area contributed by atoms with Gasteiger partial charge in [0.1, 0.15) is 5.75 Å². The summed E-state index contributed by atoms with van der Waals surface area (Å²) < 4.78 is 5.76. The van der Waals surface area contributed by atoms with Gasteiger partial charge in [-0.15, -0.1) is 0 Å². The van der Waals surface area contributed by atoms with Crippen LogP contribution >= 0.6 is 15.9 Å². The maximum atomic E-state index is 5.14. The SMILES string of the molecule is COc1ccc2nc(Br)nc(C)c2c1. The summed E-state index contributed by atoms with van der Waals surface area (Å²) in [5.74, 6) is 0.825. The van der Waals surface area contributed by atoms with Crippen molar-refractivity contribution in [1.29, 1.82) is 0 Å². The van der Waals surface area contributed by atoms with Crippen LogP contribution in [0, 0.1) is 6.92 Å². The molecule has 4 heteroatoms. The van der Waals surface area contributed by atoms with Crippen LogP contribution in [0.1, 0.15) is 5.69 Å². The van der Waals surface area contributed by atoms with E-state index in [1.807, 2.05) is 25.1 Å². The highest BCUT2D eigenvalue weighted by atomic mass is 79.9. The maximum absolute atomic E-state index is 5.14. The molecule has 72 valence electrons. The summed E-state index contributed by atoms with van der Waals surface area (Å²) in [6.07, 6.45) is 0. The highest BCUT2D eigenvalue weighted by molar-refractivity contribution is 9.10. The molecule has 1 heterocycles. The minimum atomic E-state index is 0.618. The van der Waals surface area contributed by atoms with Crippen LogP contribution in [0.2, 0.25) is 0 Å². The molecule has 0 bridgehead atoms. The molecule has 0 saturated carbocycles. The molecule has 0 unspecified atom stereocenters. The molecule has 0 aliphatic rings. The van der Waals surface area contributed by atoms with Gasteiger partial charge in [-0.25, -0.2) is 9.97 Å². The third-order valence-electron chi connectivity index (χ3n) is 2.07. The number of halogens is 1. The van der Waals surface area contributed by atoms with Crippen LogP contribution in [-0.4, -0.2) is 17.1 Å². The van der Waals surface area contributed by atoms with E-state index in [1.54, 1.807) is 7.11 Å². The molecule has 0 N–H and O–H groups in total. The van der Waals surface area contributed by atoms with E-state index in [2.05, 4.69) is 25.9 Å². The van der Waals surface area contributed by atoms with Crippen LogP contribution in [0.5, 0.6) is 5.75 Å². The Morgan fingerprint density at radius 1 is 1.29 bits per heavy atom. The minimum Gasteiger partial charge on any atom is -0.497 e. The van der Waals surface area contributed by atoms with Crippen LogP contribution in [0.25, 0.3) is 10.9 Å². The number of benzene rings is 1. The summed E-state index contributed by atoms with van der Waals surface area (Å²) in [5.41, 5.74) is 1.87. The predicted octanol–water partition coefficient (Wildman–Crippen LogP) is 2.71. The van der Waals surface area contributed by atoms with Crippen molar-refractivity contribution >= 4 is 26.8 Å².